The Morgan fingerprint density at radius 2 is 2.33 bits per heavy atom. The van der Waals surface area contributed by atoms with Crippen molar-refractivity contribution in [3.8, 4) is 11.8 Å². The Morgan fingerprint density at radius 1 is 1.44 bits per heavy atom. The van der Waals surface area contributed by atoms with Crippen molar-refractivity contribution in [1.82, 2.24) is 0 Å². The Balaban J connectivity index is 2.28. The molecule has 0 spiro atoms. The molecule has 1 radical (unpaired) electrons. The average Bonchev–Trinajstić information content (AvgIpc) is 1.91. The molecule has 0 amide bonds. The van der Waals surface area contributed by atoms with Crippen LogP contribution in [0.1, 0.15) is 19.3 Å². The molecule has 0 aromatic carbocycles. The second kappa shape index (κ2) is 3.53. The van der Waals surface area contributed by atoms with E-state index in [1.807, 2.05) is 0 Å². The van der Waals surface area contributed by atoms with Gasteiger partial charge in [-0.05, 0) is 19.3 Å². The highest BCUT2D eigenvalue weighted by atomic mass is 16.5. The molecule has 1 heterocycles. The van der Waals surface area contributed by atoms with Crippen LogP contribution >= 0.6 is 0 Å². The Kier molecular flexibility index (Phi) is 2.60. The van der Waals surface area contributed by atoms with E-state index in [4.69, 9.17) is 4.74 Å². The molecule has 1 aliphatic rings. The molecule has 0 bridgehead atoms. The van der Waals surface area contributed by atoms with Gasteiger partial charge in [0, 0.05) is 13.5 Å². The van der Waals surface area contributed by atoms with E-state index in [1.54, 1.807) is 0 Å². The fourth-order valence-corrected chi connectivity index (χ4v) is 0.968. The van der Waals surface area contributed by atoms with Crippen LogP contribution in [0.25, 0.3) is 0 Å². The van der Waals surface area contributed by atoms with Crippen LogP contribution in [0, 0.1) is 18.8 Å². The SMILES string of the molecule is [CH2]C#CC1CCCCO1. The molecule has 9 heavy (non-hydrogen) atoms. The summed E-state index contributed by atoms with van der Waals surface area (Å²) in [6, 6.07) is 0. The van der Waals surface area contributed by atoms with Gasteiger partial charge in [0.2, 0.25) is 0 Å². The zero-order valence-electron chi connectivity index (χ0n) is 5.52. The standard InChI is InChI=1S/C8H11O/c1-2-5-8-6-3-4-7-9-8/h8H,1,3-4,6-7H2. The minimum atomic E-state index is 0.177. The van der Waals surface area contributed by atoms with Gasteiger partial charge in [-0.15, -0.1) is 0 Å². The van der Waals surface area contributed by atoms with E-state index in [9.17, 15) is 0 Å². The summed E-state index contributed by atoms with van der Waals surface area (Å²) in [5.74, 6) is 5.51. The zero-order chi connectivity index (χ0) is 6.53. The van der Waals surface area contributed by atoms with Crippen molar-refractivity contribution >= 4 is 0 Å². The van der Waals surface area contributed by atoms with Gasteiger partial charge >= 0.3 is 0 Å². The van der Waals surface area contributed by atoms with Crippen molar-refractivity contribution in [2.24, 2.45) is 0 Å². The van der Waals surface area contributed by atoms with Gasteiger partial charge < -0.3 is 4.74 Å². The first-order valence-corrected chi connectivity index (χ1v) is 3.32. The van der Waals surface area contributed by atoms with Gasteiger partial charge in [0.25, 0.3) is 0 Å². The van der Waals surface area contributed by atoms with Gasteiger partial charge in [-0.25, -0.2) is 0 Å². The Morgan fingerprint density at radius 3 is 2.89 bits per heavy atom. The second-order valence-corrected chi connectivity index (χ2v) is 2.18. The second-order valence-electron chi connectivity index (χ2n) is 2.18. The predicted molar refractivity (Wildman–Crippen MR) is 36.7 cm³/mol. The fraction of sp³-hybridized carbons (Fsp3) is 0.625. The lowest BCUT2D eigenvalue weighted by atomic mass is 10.1. The maximum Gasteiger partial charge on any atom is 0.118 e. The third-order valence-electron chi connectivity index (χ3n) is 1.44. The van der Waals surface area contributed by atoms with Crippen molar-refractivity contribution in [3.05, 3.63) is 6.92 Å². The predicted octanol–water partition coefficient (Wildman–Crippen LogP) is 1.39. The lowest BCUT2D eigenvalue weighted by Gasteiger charge is -2.16. The summed E-state index contributed by atoms with van der Waals surface area (Å²) in [6.07, 6.45) is 3.70. The molecule has 1 fully saturated rings. The maximum atomic E-state index is 5.30. The van der Waals surface area contributed by atoms with E-state index < -0.39 is 0 Å². The molecule has 0 N–H and O–H groups in total. The lowest BCUT2D eigenvalue weighted by Crippen LogP contribution is -2.16. The van der Waals surface area contributed by atoms with Gasteiger partial charge in [0.1, 0.15) is 6.10 Å². The van der Waals surface area contributed by atoms with E-state index >= 15 is 0 Å². The largest absolute Gasteiger partial charge is 0.366 e. The van der Waals surface area contributed by atoms with Crippen LogP contribution in [-0.2, 0) is 4.74 Å². The highest BCUT2D eigenvalue weighted by Gasteiger charge is 2.09. The topological polar surface area (TPSA) is 9.23 Å². The van der Waals surface area contributed by atoms with Crippen LogP contribution in [0.5, 0.6) is 0 Å². The van der Waals surface area contributed by atoms with Crippen LogP contribution in [0.4, 0.5) is 0 Å². The highest BCUT2D eigenvalue weighted by Crippen LogP contribution is 2.10. The minimum absolute atomic E-state index is 0.177. The van der Waals surface area contributed by atoms with E-state index in [2.05, 4.69) is 18.8 Å². The molecule has 1 saturated heterocycles. The minimum Gasteiger partial charge on any atom is -0.366 e. The van der Waals surface area contributed by atoms with Gasteiger partial charge in [0.05, 0.1) is 0 Å². The number of hydrogen-bond donors (Lipinski definition) is 0. The van der Waals surface area contributed by atoms with E-state index in [-0.39, 0.29) is 6.10 Å². The van der Waals surface area contributed by atoms with Crippen LogP contribution in [-0.4, -0.2) is 12.7 Å². The van der Waals surface area contributed by atoms with Crippen molar-refractivity contribution < 1.29 is 4.74 Å². The molecule has 0 saturated carbocycles. The first kappa shape index (κ1) is 6.64. The highest BCUT2D eigenvalue weighted by molar-refractivity contribution is 5.07. The smallest absolute Gasteiger partial charge is 0.118 e. The normalized spacial score (nSPS) is 26.6. The van der Waals surface area contributed by atoms with Gasteiger partial charge in [-0.3, -0.25) is 0 Å². The van der Waals surface area contributed by atoms with Gasteiger partial charge in [0.15, 0.2) is 0 Å². The number of hydrogen-bond acceptors (Lipinski definition) is 1. The molecule has 0 aromatic rings. The van der Waals surface area contributed by atoms with Crippen LogP contribution in [0.2, 0.25) is 0 Å². The molecular formula is C8H11O. The van der Waals surface area contributed by atoms with Gasteiger partial charge in [-0.1, -0.05) is 11.8 Å². The molecule has 0 aliphatic carbocycles. The maximum absolute atomic E-state index is 5.30. The Bertz CT molecular complexity index is 123. The van der Waals surface area contributed by atoms with E-state index in [0.29, 0.717) is 0 Å². The first-order chi connectivity index (χ1) is 4.43. The van der Waals surface area contributed by atoms with Crippen molar-refractivity contribution in [2.75, 3.05) is 6.61 Å². The third kappa shape index (κ3) is 2.07. The van der Waals surface area contributed by atoms with Crippen molar-refractivity contribution in [2.45, 2.75) is 25.4 Å². The molecular weight excluding hydrogens is 112 g/mol. The Labute approximate surface area is 56.4 Å². The summed E-state index contributed by atoms with van der Waals surface area (Å²) in [7, 11) is 0. The van der Waals surface area contributed by atoms with Gasteiger partial charge in [-0.2, -0.15) is 0 Å². The summed E-state index contributed by atoms with van der Waals surface area (Å²) in [4.78, 5) is 0. The fourth-order valence-electron chi connectivity index (χ4n) is 0.968. The molecule has 1 atom stereocenters. The monoisotopic (exact) mass is 123 g/mol. The summed E-state index contributed by atoms with van der Waals surface area (Å²) in [5, 5.41) is 0. The van der Waals surface area contributed by atoms with Crippen molar-refractivity contribution in [1.29, 1.82) is 0 Å². The first-order valence-electron chi connectivity index (χ1n) is 3.32. The van der Waals surface area contributed by atoms with Crippen LogP contribution in [0.15, 0.2) is 0 Å². The Hall–Kier alpha value is -0.480. The third-order valence-corrected chi connectivity index (χ3v) is 1.44. The summed E-state index contributed by atoms with van der Waals surface area (Å²) >= 11 is 0. The molecule has 1 rings (SSSR count). The van der Waals surface area contributed by atoms with Crippen LogP contribution in [0.3, 0.4) is 0 Å². The molecule has 1 heteroatoms. The zero-order valence-corrected chi connectivity index (χ0v) is 5.52. The van der Waals surface area contributed by atoms with Crippen molar-refractivity contribution in [3.63, 3.8) is 0 Å². The quantitative estimate of drug-likeness (QED) is 0.442. The molecule has 0 aromatic heterocycles. The van der Waals surface area contributed by atoms with Crippen LogP contribution < -0.4 is 0 Å². The van der Waals surface area contributed by atoms with E-state index in [1.165, 1.54) is 12.8 Å². The van der Waals surface area contributed by atoms with E-state index in [0.717, 1.165) is 13.0 Å². The molecule has 49 valence electrons. The summed E-state index contributed by atoms with van der Waals surface area (Å²) < 4.78 is 5.30. The average molecular weight is 123 g/mol. The molecule has 1 aliphatic heterocycles. The summed E-state index contributed by atoms with van der Waals surface area (Å²) in [5.41, 5.74) is 0. The molecule has 1 unspecified atom stereocenters. The number of ether oxygens (including phenoxy) is 1. The summed E-state index contributed by atoms with van der Waals surface area (Å²) in [6.45, 7) is 4.31. The number of rotatable bonds is 0. The lowest BCUT2D eigenvalue weighted by molar-refractivity contribution is 0.0526. The molecule has 1 nitrogen and oxygen atoms in total.